The van der Waals surface area contributed by atoms with Crippen LogP contribution in [-0.2, 0) is 4.79 Å². The number of hydrogen-bond acceptors (Lipinski definition) is 3. The van der Waals surface area contributed by atoms with Crippen LogP contribution in [0.4, 0.5) is 5.82 Å². The SMILES string of the molecule is Cl.Cl.O=C(Nc1ccccn1)C1CCNCC1. The van der Waals surface area contributed by atoms with Crippen molar-refractivity contribution >= 4 is 36.5 Å². The molecule has 1 amide bonds. The molecule has 2 N–H and O–H groups in total. The maximum atomic E-state index is 11.8. The first-order valence-corrected chi connectivity index (χ1v) is 5.29. The van der Waals surface area contributed by atoms with E-state index in [2.05, 4.69) is 15.6 Å². The Bertz CT molecular complexity index is 329. The molecule has 6 heteroatoms. The maximum Gasteiger partial charge on any atom is 0.228 e. The van der Waals surface area contributed by atoms with Gasteiger partial charge in [0.25, 0.3) is 0 Å². The summed E-state index contributed by atoms with van der Waals surface area (Å²) in [5.41, 5.74) is 0. The average molecular weight is 278 g/mol. The number of piperidine rings is 1. The molecule has 1 saturated heterocycles. The molecule has 1 aliphatic heterocycles. The molecule has 0 saturated carbocycles. The van der Waals surface area contributed by atoms with Crippen LogP contribution < -0.4 is 10.6 Å². The second-order valence-electron chi connectivity index (χ2n) is 3.73. The van der Waals surface area contributed by atoms with Gasteiger partial charge in [-0.05, 0) is 38.1 Å². The van der Waals surface area contributed by atoms with E-state index in [1.807, 2.05) is 12.1 Å². The van der Waals surface area contributed by atoms with Crippen LogP contribution >= 0.6 is 24.8 Å². The average Bonchev–Trinajstić information content (AvgIpc) is 2.31. The van der Waals surface area contributed by atoms with Gasteiger partial charge < -0.3 is 10.6 Å². The molecule has 0 radical (unpaired) electrons. The fraction of sp³-hybridized carbons (Fsp3) is 0.455. The second kappa shape index (κ2) is 8.28. The molecule has 1 fully saturated rings. The van der Waals surface area contributed by atoms with Crippen molar-refractivity contribution in [2.45, 2.75) is 12.8 Å². The molecule has 4 nitrogen and oxygen atoms in total. The highest BCUT2D eigenvalue weighted by Crippen LogP contribution is 2.13. The Morgan fingerprint density at radius 2 is 2.00 bits per heavy atom. The highest BCUT2D eigenvalue weighted by atomic mass is 35.5. The molecule has 0 bridgehead atoms. The maximum absolute atomic E-state index is 11.8. The van der Waals surface area contributed by atoms with Crippen LogP contribution in [0.25, 0.3) is 0 Å². The number of carbonyl (C=O) groups excluding carboxylic acids is 1. The van der Waals surface area contributed by atoms with Gasteiger partial charge in [0.1, 0.15) is 5.82 Å². The zero-order valence-corrected chi connectivity index (χ0v) is 11.0. The highest BCUT2D eigenvalue weighted by molar-refractivity contribution is 5.91. The summed E-state index contributed by atoms with van der Waals surface area (Å²) >= 11 is 0. The molecule has 2 rings (SSSR count). The third-order valence-electron chi connectivity index (χ3n) is 2.63. The van der Waals surface area contributed by atoms with E-state index in [4.69, 9.17) is 0 Å². The van der Waals surface area contributed by atoms with Crippen molar-refractivity contribution in [2.75, 3.05) is 18.4 Å². The molecule has 17 heavy (non-hydrogen) atoms. The number of pyridine rings is 1. The van der Waals surface area contributed by atoms with Gasteiger partial charge in [0.15, 0.2) is 0 Å². The first-order valence-electron chi connectivity index (χ1n) is 5.29. The molecule has 0 spiro atoms. The standard InChI is InChI=1S/C11H15N3O.2ClH/c15-11(9-4-7-12-8-5-9)14-10-3-1-2-6-13-10;;/h1-3,6,9,12H,4-5,7-8H2,(H,13,14,15);2*1H. The van der Waals surface area contributed by atoms with Gasteiger partial charge in [0.2, 0.25) is 5.91 Å². The number of carbonyl (C=O) groups is 1. The van der Waals surface area contributed by atoms with Gasteiger partial charge in [-0.3, -0.25) is 4.79 Å². The predicted octanol–water partition coefficient (Wildman–Crippen LogP) is 1.86. The first-order chi connectivity index (χ1) is 7.36. The molecule has 1 aromatic heterocycles. The fourth-order valence-electron chi connectivity index (χ4n) is 1.75. The van der Waals surface area contributed by atoms with Gasteiger partial charge in [0.05, 0.1) is 0 Å². The van der Waals surface area contributed by atoms with Gasteiger partial charge in [-0.25, -0.2) is 4.98 Å². The lowest BCUT2D eigenvalue weighted by molar-refractivity contribution is -0.120. The Balaban J connectivity index is 0.00000128. The van der Waals surface area contributed by atoms with E-state index in [-0.39, 0.29) is 36.6 Å². The van der Waals surface area contributed by atoms with Crippen molar-refractivity contribution in [3.05, 3.63) is 24.4 Å². The lowest BCUT2D eigenvalue weighted by Crippen LogP contribution is -2.34. The molecule has 0 atom stereocenters. The van der Waals surface area contributed by atoms with E-state index >= 15 is 0 Å². The van der Waals surface area contributed by atoms with Crippen molar-refractivity contribution in [1.82, 2.24) is 10.3 Å². The van der Waals surface area contributed by atoms with Crippen molar-refractivity contribution < 1.29 is 4.79 Å². The molecular weight excluding hydrogens is 261 g/mol. The summed E-state index contributed by atoms with van der Waals surface area (Å²) in [6.45, 7) is 1.86. The lowest BCUT2D eigenvalue weighted by atomic mass is 9.97. The normalized spacial score (nSPS) is 15.3. The third kappa shape index (κ3) is 4.89. The van der Waals surface area contributed by atoms with E-state index in [1.165, 1.54) is 0 Å². The topological polar surface area (TPSA) is 54.0 Å². The molecule has 0 aromatic carbocycles. The minimum atomic E-state index is 0. The number of nitrogens with zero attached hydrogens (tertiary/aromatic N) is 1. The van der Waals surface area contributed by atoms with Crippen molar-refractivity contribution in [2.24, 2.45) is 5.92 Å². The third-order valence-corrected chi connectivity index (χ3v) is 2.63. The van der Waals surface area contributed by atoms with E-state index in [0.29, 0.717) is 5.82 Å². The Morgan fingerprint density at radius 1 is 1.29 bits per heavy atom. The summed E-state index contributed by atoms with van der Waals surface area (Å²) in [5, 5.41) is 6.07. The number of aromatic nitrogens is 1. The fourth-order valence-corrected chi connectivity index (χ4v) is 1.75. The number of hydrogen-bond donors (Lipinski definition) is 2. The number of rotatable bonds is 2. The molecule has 2 heterocycles. The molecule has 96 valence electrons. The summed E-state index contributed by atoms with van der Waals surface area (Å²) in [6, 6.07) is 5.50. The largest absolute Gasteiger partial charge is 0.317 e. The van der Waals surface area contributed by atoms with Crippen LogP contribution in [0.3, 0.4) is 0 Å². The van der Waals surface area contributed by atoms with E-state index < -0.39 is 0 Å². The highest BCUT2D eigenvalue weighted by Gasteiger charge is 2.20. The summed E-state index contributed by atoms with van der Waals surface area (Å²) < 4.78 is 0. The Kier molecular flexibility index (Phi) is 7.87. The van der Waals surface area contributed by atoms with Crippen LogP contribution in [0.5, 0.6) is 0 Å². The molecule has 0 aliphatic carbocycles. The van der Waals surface area contributed by atoms with E-state index in [9.17, 15) is 4.79 Å². The van der Waals surface area contributed by atoms with Gasteiger partial charge in [-0.15, -0.1) is 24.8 Å². The smallest absolute Gasteiger partial charge is 0.228 e. The number of nitrogens with one attached hydrogen (secondary N) is 2. The molecular formula is C11H17Cl2N3O. The van der Waals surface area contributed by atoms with Gasteiger partial charge in [-0.2, -0.15) is 0 Å². The Labute approximate surface area is 113 Å². The van der Waals surface area contributed by atoms with Crippen molar-refractivity contribution in [1.29, 1.82) is 0 Å². The van der Waals surface area contributed by atoms with Crippen molar-refractivity contribution in [3.63, 3.8) is 0 Å². The second-order valence-corrected chi connectivity index (χ2v) is 3.73. The molecule has 1 aliphatic rings. The zero-order chi connectivity index (χ0) is 10.5. The Hall–Kier alpha value is -0.840. The minimum absolute atomic E-state index is 0. The van der Waals surface area contributed by atoms with Gasteiger partial charge >= 0.3 is 0 Å². The van der Waals surface area contributed by atoms with Crippen molar-refractivity contribution in [3.8, 4) is 0 Å². The quantitative estimate of drug-likeness (QED) is 0.868. The summed E-state index contributed by atoms with van der Waals surface area (Å²) in [5.74, 6) is 0.865. The zero-order valence-electron chi connectivity index (χ0n) is 9.39. The number of amides is 1. The first kappa shape index (κ1) is 16.2. The molecule has 1 aromatic rings. The number of anilines is 1. The monoisotopic (exact) mass is 277 g/mol. The van der Waals surface area contributed by atoms with Crippen LogP contribution in [-0.4, -0.2) is 24.0 Å². The van der Waals surface area contributed by atoms with Crippen LogP contribution in [0.15, 0.2) is 24.4 Å². The minimum Gasteiger partial charge on any atom is -0.317 e. The summed E-state index contributed by atoms with van der Waals surface area (Å²) in [6.07, 6.45) is 3.51. The summed E-state index contributed by atoms with van der Waals surface area (Å²) in [7, 11) is 0. The van der Waals surface area contributed by atoms with Gasteiger partial charge in [0, 0.05) is 12.1 Å². The lowest BCUT2D eigenvalue weighted by Gasteiger charge is -2.21. The van der Waals surface area contributed by atoms with Gasteiger partial charge in [-0.1, -0.05) is 6.07 Å². The Morgan fingerprint density at radius 3 is 2.59 bits per heavy atom. The van der Waals surface area contributed by atoms with E-state index in [0.717, 1.165) is 25.9 Å². The molecule has 0 unspecified atom stereocenters. The predicted molar refractivity (Wildman–Crippen MR) is 73.0 cm³/mol. The summed E-state index contributed by atoms with van der Waals surface area (Å²) in [4.78, 5) is 15.9. The van der Waals surface area contributed by atoms with Crippen LogP contribution in [0, 0.1) is 5.92 Å². The van der Waals surface area contributed by atoms with Crippen LogP contribution in [0.1, 0.15) is 12.8 Å². The van der Waals surface area contributed by atoms with E-state index in [1.54, 1.807) is 12.3 Å². The number of halogens is 2. The van der Waals surface area contributed by atoms with Crippen LogP contribution in [0.2, 0.25) is 0 Å².